The molecule has 0 fully saturated rings. The van der Waals surface area contributed by atoms with Gasteiger partial charge < -0.3 is 0 Å². The highest BCUT2D eigenvalue weighted by Crippen LogP contribution is 2.12. The molecule has 0 rings (SSSR count). The Hall–Kier alpha value is -0.0800. The average molecular weight is 256 g/mol. The van der Waals surface area contributed by atoms with E-state index in [0.29, 0.717) is 0 Å². The Kier molecular flexibility index (Phi) is 13.3. The van der Waals surface area contributed by atoms with Gasteiger partial charge in [-0.1, -0.05) is 66.2 Å². The SMILES string of the molecule is CCCCC(CC)CNNCC(CC)CCCC. The smallest absolute Gasteiger partial charge is 0.0128 e. The van der Waals surface area contributed by atoms with Gasteiger partial charge in [-0.15, -0.1) is 0 Å². The standard InChI is InChI=1S/C16H36N2/c1-5-9-11-15(7-3)13-17-18-14-16(8-4)12-10-6-2/h15-18H,5-14H2,1-4H3. The molecule has 0 saturated carbocycles. The van der Waals surface area contributed by atoms with Gasteiger partial charge in [0.15, 0.2) is 0 Å². The van der Waals surface area contributed by atoms with Crippen LogP contribution in [0.4, 0.5) is 0 Å². The molecule has 0 aliphatic carbocycles. The first-order valence-corrected chi connectivity index (χ1v) is 8.24. The molecule has 0 aromatic rings. The first-order chi connectivity index (χ1) is 8.78. The molecule has 0 aromatic carbocycles. The number of hydrogen-bond donors (Lipinski definition) is 2. The summed E-state index contributed by atoms with van der Waals surface area (Å²) in [5.74, 6) is 1.68. The van der Waals surface area contributed by atoms with Gasteiger partial charge >= 0.3 is 0 Å². The van der Waals surface area contributed by atoms with Crippen LogP contribution in [0, 0.1) is 11.8 Å². The highest BCUT2D eigenvalue weighted by Gasteiger charge is 2.07. The lowest BCUT2D eigenvalue weighted by Gasteiger charge is -2.19. The van der Waals surface area contributed by atoms with Crippen molar-refractivity contribution in [3.63, 3.8) is 0 Å². The fraction of sp³-hybridized carbons (Fsp3) is 1.00. The summed E-state index contributed by atoms with van der Waals surface area (Å²) in [6, 6.07) is 0. The normalized spacial score (nSPS) is 14.7. The van der Waals surface area contributed by atoms with E-state index >= 15 is 0 Å². The van der Waals surface area contributed by atoms with E-state index < -0.39 is 0 Å². The Morgan fingerprint density at radius 3 is 1.33 bits per heavy atom. The van der Waals surface area contributed by atoms with Crippen molar-refractivity contribution in [2.75, 3.05) is 13.1 Å². The number of hydrazine groups is 1. The molecule has 0 saturated heterocycles. The fourth-order valence-corrected chi connectivity index (χ4v) is 2.32. The fourth-order valence-electron chi connectivity index (χ4n) is 2.32. The number of unbranched alkanes of at least 4 members (excludes halogenated alkanes) is 2. The molecule has 18 heavy (non-hydrogen) atoms. The van der Waals surface area contributed by atoms with Crippen molar-refractivity contribution in [2.45, 2.75) is 79.1 Å². The van der Waals surface area contributed by atoms with Crippen molar-refractivity contribution in [3.05, 3.63) is 0 Å². The van der Waals surface area contributed by atoms with Crippen LogP contribution in [-0.2, 0) is 0 Å². The predicted octanol–water partition coefficient (Wildman–Crippen LogP) is 4.51. The van der Waals surface area contributed by atoms with Gasteiger partial charge in [-0.25, -0.2) is 0 Å². The van der Waals surface area contributed by atoms with Crippen LogP contribution in [0.25, 0.3) is 0 Å². The first kappa shape index (κ1) is 17.9. The zero-order valence-corrected chi connectivity index (χ0v) is 13.2. The molecule has 2 N–H and O–H groups in total. The lowest BCUT2D eigenvalue weighted by molar-refractivity contribution is 0.348. The molecule has 2 atom stereocenters. The van der Waals surface area contributed by atoms with Gasteiger partial charge in [-0.3, -0.25) is 10.9 Å². The van der Waals surface area contributed by atoms with Crippen LogP contribution in [0.3, 0.4) is 0 Å². The summed E-state index contributed by atoms with van der Waals surface area (Å²) in [6.07, 6.45) is 10.7. The average Bonchev–Trinajstić information content (AvgIpc) is 2.41. The summed E-state index contributed by atoms with van der Waals surface area (Å²) in [6.45, 7) is 11.4. The van der Waals surface area contributed by atoms with Gasteiger partial charge in [-0.05, 0) is 24.7 Å². The van der Waals surface area contributed by atoms with Crippen molar-refractivity contribution < 1.29 is 0 Å². The van der Waals surface area contributed by atoms with Crippen molar-refractivity contribution in [1.82, 2.24) is 10.9 Å². The Morgan fingerprint density at radius 1 is 0.667 bits per heavy atom. The van der Waals surface area contributed by atoms with Gasteiger partial charge in [0.2, 0.25) is 0 Å². The van der Waals surface area contributed by atoms with Gasteiger partial charge in [0.25, 0.3) is 0 Å². The quantitative estimate of drug-likeness (QED) is 0.374. The second-order valence-electron chi connectivity index (χ2n) is 5.59. The van der Waals surface area contributed by atoms with E-state index in [4.69, 9.17) is 0 Å². The number of rotatable bonds is 13. The van der Waals surface area contributed by atoms with Crippen molar-refractivity contribution in [1.29, 1.82) is 0 Å². The minimum absolute atomic E-state index is 0.841. The molecular weight excluding hydrogens is 220 g/mol. The van der Waals surface area contributed by atoms with Crippen molar-refractivity contribution in [2.24, 2.45) is 11.8 Å². The third-order valence-corrected chi connectivity index (χ3v) is 3.99. The summed E-state index contributed by atoms with van der Waals surface area (Å²) < 4.78 is 0. The molecule has 2 unspecified atom stereocenters. The Labute approximate surface area is 115 Å². The van der Waals surface area contributed by atoms with Crippen LogP contribution in [-0.4, -0.2) is 13.1 Å². The molecule has 0 aromatic heterocycles. The Bertz CT molecular complexity index is 141. The van der Waals surface area contributed by atoms with Crippen LogP contribution in [0.15, 0.2) is 0 Å². The molecule has 0 amide bonds. The lowest BCUT2D eigenvalue weighted by atomic mass is 9.99. The largest absolute Gasteiger partial charge is 0.258 e. The number of hydrogen-bond acceptors (Lipinski definition) is 2. The molecule has 0 spiro atoms. The molecule has 110 valence electrons. The maximum absolute atomic E-state index is 3.44. The van der Waals surface area contributed by atoms with E-state index in [-0.39, 0.29) is 0 Å². The van der Waals surface area contributed by atoms with Crippen LogP contribution < -0.4 is 10.9 Å². The van der Waals surface area contributed by atoms with Gasteiger partial charge in [0, 0.05) is 13.1 Å². The lowest BCUT2D eigenvalue weighted by Crippen LogP contribution is -2.38. The van der Waals surface area contributed by atoms with E-state index in [1.807, 2.05) is 0 Å². The minimum Gasteiger partial charge on any atom is -0.258 e. The second-order valence-corrected chi connectivity index (χ2v) is 5.59. The van der Waals surface area contributed by atoms with Crippen LogP contribution >= 0.6 is 0 Å². The molecule has 0 aliphatic heterocycles. The molecule has 0 radical (unpaired) electrons. The molecule has 0 heterocycles. The zero-order valence-electron chi connectivity index (χ0n) is 13.2. The summed E-state index contributed by atoms with van der Waals surface area (Å²) in [5.41, 5.74) is 6.87. The molecule has 2 nitrogen and oxygen atoms in total. The van der Waals surface area contributed by atoms with E-state index in [2.05, 4.69) is 38.5 Å². The predicted molar refractivity (Wildman–Crippen MR) is 82.6 cm³/mol. The highest BCUT2D eigenvalue weighted by atomic mass is 15.3. The van der Waals surface area contributed by atoms with Gasteiger partial charge in [0.05, 0.1) is 0 Å². The monoisotopic (exact) mass is 256 g/mol. The van der Waals surface area contributed by atoms with E-state index in [1.54, 1.807) is 0 Å². The van der Waals surface area contributed by atoms with Crippen molar-refractivity contribution in [3.8, 4) is 0 Å². The summed E-state index contributed by atoms with van der Waals surface area (Å²) in [5, 5.41) is 0. The molecule has 0 aliphatic rings. The molecule has 0 bridgehead atoms. The number of nitrogens with one attached hydrogen (secondary N) is 2. The van der Waals surface area contributed by atoms with Gasteiger partial charge in [-0.2, -0.15) is 0 Å². The Morgan fingerprint density at radius 2 is 1.06 bits per heavy atom. The highest BCUT2D eigenvalue weighted by molar-refractivity contribution is 4.62. The zero-order chi connectivity index (χ0) is 13.6. The third-order valence-electron chi connectivity index (χ3n) is 3.99. The van der Waals surface area contributed by atoms with Crippen LogP contribution in [0.1, 0.15) is 79.1 Å². The second kappa shape index (κ2) is 13.4. The molecular formula is C16H36N2. The van der Waals surface area contributed by atoms with Crippen LogP contribution in [0.2, 0.25) is 0 Å². The maximum atomic E-state index is 3.44. The third kappa shape index (κ3) is 9.90. The first-order valence-electron chi connectivity index (χ1n) is 8.24. The van der Waals surface area contributed by atoms with E-state index in [0.717, 1.165) is 24.9 Å². The minimum atomic E-state index is 0.841. The summed E-state index contributed by atoms with van der Waals surface area (Å²) in [4.78, 5) is 0. The topological polar surface area (TPSA) is 24.1 Å². The maximum Gasteiger partial charge on any atom is 0.0128 e. The van der Waals surface area contributed by atoms with E-state index in [1.165, 1.54) is 51.4 Å². The summed E-state index contributed by atoms with van der Waals surface area (Å²) >= 11 is 0. The van der Waals surface area contributed by atoms with Gasteiger partial charge in [0.1, 0.15) is 0 Å². The van der Waals surface area contributed by atoms with Crippen molar-refractivity contribution >= 4 is 0 Å². The molecule has 2 heteroatoms. The summed E-state index contributed by atoms with van der Waals surface area (Å²) in [7, 11) is 0. The van der Waals surface area contributed by atoms with E-state index in [9.17, 15) is 0 Å². The van der Waals surface area contributed by atoms with Crippen LogP contribution in [0.5, 0.6) is 0 Å². The Balaban J connectivity index is 3.55.